The van der Waals surface area contributed by atoms with Crippen molar-refractivity contribution in [3.05, 3.63) is 71.5 Å². The van der Waals surface area contributed by atoms with Crippen LogP contribution in [0.1, 0.15) is 16.8 Å². The van der Waals surface area contributed by atoms with Crippen molar-refractivity contribution in [2.45, 2.75) is 25.8 Å². The lowest BCUT2D eigenvalue weighted by Crippen LogP contribution is -2.27. The average molecular weight is 418 g/mol. The fourth-order valence-corrected chi connectivity index (χ4v) is 4.10. The van der Waals surface area contributed by atoms with E-state index in [1.165, 1.54) is 22.9 Å². The summed E-state index contributed by atoms with van der Waals surface area (Å²) in [7, 11) is 1.79. The molecule has 0 spiro atoms. The largest absolute Gasteiger partial charge is 0.315 e. The highest BCUT2D eigenvalue weighted by atomic mass is 32.2. The van der Waals surface area contributed by atoms with E-state index in [0.717, 1.165) is 28.0 Å². The Labute approximate surface area is 179 Å². The third-order valence-corrected chi connectivity index (χ3v) is 6.18. The Balaban J connectivity index is 1.66. The first-order valence-corrected chi connectivity index (χ1v) is 10.7. The summed E-state index contributed by atoms with van der Waals surface area (Å²) in [4.78, 5) is 14.4. The van der Waals surface area contributed by atoms with Crippen LogP contribution in [0.4, 0.5) is 5.69 Å². The molecule has 4 aromatic rings. The number of amides is 1. The Morgan fingerprint density at radius 2 is 1.80 bits per heavy atom. The molecule has 0 atom stereocenters. The number of fused-ring (bicyclic) bond motifs is 1. The molecule has 0 aliphatic rings. The first-order valence-electron chi connectivity index (χ1n) is 9.68. The van der Waals surface area contributed by atoms with Gasteiger partial charge in [-0.15, -0.1) is 5.10 Å². The third kappa shape index (κ3) is 3.80. The van der Waals surface area contributed by atoms with Crippen LogP contribution in [0.15, 0.2) is 59.8 Å². The number of aromatic nitrogens is 4. The van der Waals surface area contributed by atoms with Crippen molar-refractivity contribution in [3.8, 4) is 5.69 Å². The number of nitrogens with zero attached hydrogens (tertiary/aromatic N) is 5. The van der Waals surface area contributed by atoms with Crippen LogP contribution in [0.25, 0.3) is 16.6 Å². The van der Waals surface area contributed by atoms with Gasteiger partial charge in [0.15, 0.2) is 0 Å². The first kappa shape index (κ1) is 20.1. The van der Waals surface area contributed by atoms with Crippen LogP contribution in [-0.2, 0) is 4.79 Å². The normalized spacial score (nSPS) is 11.1. The molecule has 0 saturated heterocycles. The topological polar surface area (TPSA) is 63.9 Å². The first-order chi connectivity index (χ1) is 14.5. The summed E-state index contributed by atoms with van der Waals surface area (Å²) in [6, 6.07) is 15.9. The van der Waals surface area contributed by atoms with Gasteiger partial charge in [0, 0.05) is 18.1 Å². The molecule has 0 N–H and O–H groups in total. The number of hydrogen-bond donors (Lipinski definition) is 0. The van der Waals surface area contributed by atoms with E-state index in [1.807, 2.05) is 54.2 Å². The van der Waals surface area contributed by atoms with Crippen LogP contribution in [0.3, 0.4) is 0 Å². The Hall–Kier alpha value is -3.19. The minimum absolute atomic E-state index is 0.000953. The number of hydrogen-bond acceptors (Lipinski definition) is 5. The van der Waals surface area contributed by atoms with Crippen molar-refractivity contribution in [1.29, 1.82) is 0 Å². The summed E-state index contributed by atoms with van der Waals surface area (Å²) in [5, 5.41) is 14.9. The minimum Gasteiger partial charge on any atom is -0.315 e. The SMILES string of the molecule is Cc1ccc(-n2ncc3c(C)nnc(SCC(=O)N(C)c4ccccc4)c32)cc1C. The second kappa shape index (κ2) is 8.28. The number of rotatable bonds is 5. The van der Waals surface area contributed by atoms with Gasteiger partial charge < -0.3 is 4.90 Å². The van der Waals surface area contributed by atoms with E-state index in [9.17, 15) is 4.79 Å². The van der Waals surface area contributed by atoms with E-state index < -0.39 is 0 Å². The monoisotopic (exact) mass is 417 g/mol. The maximum absolute atomic E-state index is 12.7. The number of thioether (sulfide) groups is 1. The van der Waals surface area contributed by atoms with E-state index in [-0.39, 0.29) is 11.7 Å². The molecule has 2 heterocycles. The van der Waals surface area contributed by atoms with Gasteiger partial charge in [-0.1, -0.05) is 36.0 Å². The third-order valence-electron chi connectivity index (χ3n) is 5.24. The molecule has 2 aromatic carbocycles. The standard InChI is InChI=1S/C23H23N5OS/c1-15-10-11-19(12-16(15)2)28-22-20(13-24-28)17(3)25-26-23(22)30-14-21(29)27(4)18-8-6-5-7-9-18/h5-13H,14H2,1-4H3. The molecule has 7 heteroatoms. The molecule has 0 fully saturated rings. The van der Waals surface area contributed by atoms with Gasteiger partial charge in [0.05, 0.1) is 23.3 Å². The maximum Gasteiger partial charge on any atom is 0.237 e. The number of anilines is 1. The van der Waals surface area contributed by atoms with Crippen LogP contribution in [-0.4, -0.2) is 38.7 Å². The van der Waals surface area contributed by atoms with E-state index in [2.05, 4.69) is 41.3 Å². The molecule has 2 aromatic heterocycles. The molecule has 0 bridgehead atoms. The molecule has 1 amide bonds. The predicted molar refractivity (Wildman–Crippen MR) is 121 cm³/mol. The zero-order valence-electron chi connectivity index (χ0n) is 17.5. The van der Waals surface area contributed by atoms with Crippen molar-refractivity contribution < 1.29 is 4.79 Å². The van der Waals surface area contributed by atoms with Crippen LogP contribution in [0.5, 0.6) is 0 Å². The molecule has 152 valence electrons. The molecule has 4 rings (SSSR count). The van der Waals surface area contributed by atoms with Crippen molar-refractivity contribution >= 4 is 34.3 Å². The van der Waals surface area contributed by atoms with Gasteiger partial charge in [-0.25, -0.2) is 4.68 Å². The zero-order valence-corrected chi connectivity index (χ0v) is 18.3. The highest BCUT2D eigenvalue weighted by Gasteiger charge is 2.18. The molecular formula is C23H23N5OS. The highest BCUT2D eigenvalue weighted by Crippen LogP contribution is 2.29. The molecule has 0 aliphatic heterocycles. The summed E-state index contributed by atoms with van der Waals surface area (Å²) >= 11 is 1.38. The molecule has 0 radical (unpaired) electrons. The molecule has 0 saturated carbocycles. The molecule has 0 aliphatic carbocycles. The number of carbonyl (C=O) groups is 1. The van der Waals surface area contributed by atoms with Crippen molar-refractivity contribution in [2.75, 3.05) is 17.7 Å². The lowest BCUT2D eigenvalue weighted by atomic mass is 10.1. The zero-order chi connectivity index (χ0) is 21.3. The van der Waals surface area contributed by atoms with Crippen molar-refractivity contribution in [2.24, 2.45) is 0 Å². The lowest BCUT2D eigenvalue weighted by molar-refractivity contribution is -0.115. The Morgan fingerprint density at radius 3 is 2.53 bits per heavy atom. The van der Waals surface area contributed by atoms with Crippen LogP contribution in [0, 0.1) is 20.8 Å². The van der Waals surface area contributed by atoms with Gasteiger partial charge in [0.1, 0.15) is 10.5 Å². The Kier molecular flexibility index (Phi) is 5.55. The fraction of sp³-hybridized carbons (Fsp3) is 0.217. The quantitative estimate of drug-likeness (QED) is 0.448. The Bertz CT molecular complexity index is 1220. The minimum atomic E-state index is -0.000953. The predicted octanol–water partition coefficient (Wildman–Crippen LogP) is 4.50. The van der Waals surface area contributed by atoms with Gasteiger partial charge in [-0.05, 0) is 56.2 Å². The number of benzene rings is 2. The summed E-state index contributed by atoms with van der Waals surface area (Å²) in [6.07, 6.45) is 1.82. The summed E-state index contributed by atoms with van der Waals surface area (Å²) in [6.45, 7) is 6.10. The van der Waals surface area contributed by atoms with E-state index in [4.69, 9.17) is 0 Å². The van der Waals surface area contributed by atoms with Gasteiger partial charge >= 0.3 is 0 Å². The van der Waals surface area contributed by atoms with Gasteiger partial charge in [0.2, 0.25) is 5.91 Å². The van der Waals surface area contributed by atoms with Crippen molar-refractivity contribution in [3.63, 3.8) is 0 Å². The highest BCUT2D eigenvalue weighted by molar-refractivity contribution is 8.00. The average Bonchev–Trinajstić information content (AvgIpc) is 3.21. The number of aryl methyl sites for hydroxylation is 3. The molecule has 6 nitrogen and oxygen atoms in total. The van der Waals surface area contributed by atoms with Gasteiger partial charge in [-0.3, -0.25) is 4.79 Å². The van der Waals surface area contributed by atoms with E-state index >= 15 is 0 Å². The van der Waals surface area contributed by atoms with E-state index in [0.29, 0.717) is 5.03 Å². The van der Waals surface area contributed by atoms with E-state index in [1.54, 1.807) is 11.9 Å². The summed E-state index contributed by atoms with van der Waals surface area (Å²) in [5.41, 5.74) is 5.96. The lowest BCUT2D eigenvalue weighted by Gasteiger charge is -2.17. The van der Waals surface area contributed by atoms with Crippen LogP contribution in [0.2, 0.25) is 0 Å². The summed E-state index contributed by atoms with van der Waals surface area (Å²) in [5.74, 6) is 0.259. The molecular weight excluding hydrogens is 394 g/mol. The van der Waals surface area contributed by atoms with Crippen LogP contribution >= 0.6 is 11.8 Å². The number of carbonyl (C=O) groups excluding carboxylic acids is 1. The smallest absolute Gasteiger partial charge is 0.237 e. The van der Waals surface area contributed by atoms with Gasteiger partial charge in [-0.2, -0.15) is 10.2 Å². The summed E-state index contributed by atoms with van der Waals surface area (Å²) < 4.78 is 1.89. The molecule has 30 heavy (non-hydrogen) atoms. The Morgan fingerprint density at radius 1 is 1.03 bits per heavy atom. The van der Waals surface area contributed by atoms with Crippen molar-refractivity contribution in [1.82, 2.24) is 20.0 Å². The maximum atomic E-state index is 12.7. The van der Waals surface area contributed by atoms with Gasteiger partial charge in [0.25, 0.3) is 0 Å². The fourth-order valence-electron chi connectivity index (χ4n) is 3.21. The second-order valence-corrected chi connectivity index (χ2v) is 8.22. The second-order valence-electron chi connectivity index (χ2n) is 7.25. The molecule has 0 unspecified atom stereocenters. The number of para-hydroxylation sites is 1. The van der Waals surface area contributed by atoms with Crippen LogP contribution < -0.4 is 4.90 Å².